The molecule has 0 amide bonds. The Hall–Kier alpha value is -6.52. The zero-order valence-corrected chi connectivity index (χ0v) is 28.1. The van der Waals surface area contributed by atoms with E-state index in [0.29, 0.717) is 5.82 Å². The van der Waals surface area contributed by atoms with Crippen molar-refractivity contribution >= 4 is 54.6 Å². The van der Waals surface area contributed by atoms with E-state index in [2.05, 4.69) is 111 Å². The van der Waals surface area contributed by atoms with Gasteiger partial charge in [0.2, 0.25) is 0 Å². The van der Waals surface area contributed by atoms with Crippen LogP contribution in [0.15, 0.2) is 154 Å². The van der Waals surface area contributed by atoms with Crippen LogP contribution in [0.5, 0.6) is 0 Å². The molecular formula is C47H30N2O2. The maximum atomic E-state index is 6.54. The van der Waals surface area contributed by atoms with Crippen LogP contribution in [0.1, 0.15) is 25.0 Å². The lowest BCUT2D eigenvalue weighted by molar-refractivity contribution is 0.661. The van der Waals surface area contributed by atoms with Crippen LogP contribution in [0.2, 0.25) is 0 Å². The lowest BCUT2D eigenvalue weighted by Gasteiger charge is -2.22. The largest absolute Gasteiger partial charge is 0.456 e. The fourth-order valence-electron chi connectivity index (χ4n) is 8.38. The van der Waals surface area contributed by atoms with Crippen molar-refractivity contribution in [1.29, 1.82) is 0 Å². The molecule has 0 saturated carbocycles. The summed E-state index contributed by atoms with van der Waals surface area (Å²) in [7, 11) is 0. The quantitative estimate of drug-likeness (QED) is 0.190. The van der Waals surface area contributed by atoms with Gasteiger partial charge in [-0.25, -0.2) is 9.97 Å². The minimum Gasteiger partial charge on any atom is -0.456 e. The van der Waals surface area contributed by atoms with Crippen molar-refractivity contribution < 1.29 is 8.83 Å². The summed E-state index contributed by atoms with van der Waals surface area (Å²) in [5, 5.41) is 6.63. The number of fused-ring (bicyclic) bond motifs is 10. The first-order valence-electron chi connectivity index (χ1n) is 17.4. The highest BCUT2D eigenvalue weighted by molar-refractivity contribution is 6.18. The number of furan rings is 2. The van der Waals surface area contributed by atoms with Gasteiger partial charge in [0.05, 0.1) is 11.4 Å². The third-order valence-electron chi connectivity index (χ3n) is 10.9. The molecule has 0 saturated heterocycles. The van der Waals surface area contributed by atoms with Crippen LogP contribution < -0.4 is 0 Å². The van der Waals surface area contributed by atoms with E-state index in [1.807, 2.05) is 48.5 Å². The summed E-state index contributed by atoms with van der Waals surface area (Å²) in [6.07, 6.45) is 0. The fraction of sp³-hybridized carbons (Fsp3) is 0.0638. The van der Waals surface area contributed by atoms with Crippen molar-refractivity contribution in [3.63, 3.8) is 0 Å². The lowest BCUT2D eigenvalue weighted by atomic mass is 9.81. The highest BCUT2D eigenvalue weighted by Gasteiger charge is 2.37. The third kappa shape index (κ3) is 4.08. The molecule has 11 rings (SSSR count). The molecule has 4 heteroatoms. The average Bonchev–Trinajstić information content (AvgIpc) is 3.80. The normalized spacial score (nSPS) is 13.5. The molecule has 3 aromatic heterocycles. The molecule has 240 valence electrons. The van der Waals surface area contributed by atoms with Gasteiger partial charge >= 0.3 is 0 Å². The maximum Gasteiger partial charge on any atom is 0.160 e. The number of para-hydroxylation sites is 1. The van der Waals surface area contributed by atoms with Crippen LogP contribution in [0.4, 0.5) is 0 Å². The number of nitrogens with zero attached hydrogens (tertiary/aromatic N) is 2. The van der Waals surface area contributed by atoms with Gasteiger partial charge < -0.3 is 8.83 Å². The molecule has 1 aliphatic carbocycles. The molecule has 0 unspecified atom stereocenters. The molecule has 10 aromatic rings. The van der Waals surface area contributed by atoms with Crippen LogP contribution in [-0.2, 0) is 5.41 Å². The predicted octanol–water partition coefficient (Wildman–Crippen LogP) is 12.7. The molecule has 0 N–H and O–H groups in total. The molecular weight excluding hydrogens is 625 g/mol. The van der Waals surface area contributed by atoms with E-state index in [1.54, 1.807) is 0 Å². The summed E-state index contributed by atoms with van der Waals surface area (Å²) in [5.41, 5.74) is 13.1. The molecule has 4 nitrogen and oxygen atoms in total. The molecule has 0 fully saturated rings. The number of rotatable bonds is 3. The number of hydrogen-bond acceptors (Lipinski definition) is 4. The van der Waals surface area contributed by atoms with E-state index in [1.165, 1.54) is 33.0 Å². The summed E-state index contributed by atoms with van der Waals surface area (Å²) >= 11 is 0. The van der Waals surface area contributed by atoms with Crippen molar-refractivity contribution in [1.82, 2.24) is 9.97 Å². The molecule has 0 aliphatic heterocycles. The Morgan fingerprint density at radius 2 is 1.10 bits per heavy atom. The van der Waals surface area contributed by atoms with E-state index in [-0.39, 0.29) is 5.41 Å². The zero-order chi connectivity index (χ0) is 33.8. The Morgan fingerprint density at radius 3 is 1.96 bits per heavy atom. The molecule has 3 heterocycles. The van der Waals surface area contributed by atoms with Crippen molar-refractivity contribution in [2.45, 2.75) is 19.3 Å². The zero-order valence-electron chi connectivity index (χ0n) is 28.1. The molecule has 7 aromatic carbocycles. The van der Waals surface area contributed by atoms with Crippen LogP contribution in [0.25, 0.3) is 99.7 Å². The average molecular weight is 655 g/mol. The minimum absolute atomic E-state index is 0.161. The van der Waals surface area contributed by atoms with Crippen LogP contribution in [0.3, 0.4) is 0 Å². The van der Waals surface area contributed by atoms with Crippen molar-refractivity contribution in [3.05, 3.63) is 157 Å². The second kappa shape index (κ2) is 10.3. The summed E-state index contributed by atoms with van der Waals surface area (Å²) < 4.78 is 12.9. The summed E-state index contributed by atoms with van der Waals surface area (Å²) in [5.74, 6) is 0.682. The summed E-state index contributed by atoms with van der Waals surface area (Å²) in [6.45, 7) is 4.67. The monoisotopic (exact) mass is 654 g/mol. The smallest absolute Gasteiger partial charge is 0.160 e. The first-order chi connectivity index (χ1) is 25.0. The molecule has 0 radical (unpaired) electrons. The summed E-state index contributed by atoms with van der Waals surface area (Å²) in [6, 6.07) is 51.1. The third-order valence-corrected chi connectivity index (χ3v) is 10.9. The van der Waals surface area contributed by atoms with Gasteiger partial charge in [-0.15, -0.1) is 0 Å². The second-order valence-corrected chi connectivity index (χ2v) is 14.1. The maximum absolute atomic E-state index is 6.54. The van der Waals surface area contributed by atoms with E-state index in [4.69, 9.17) is 18.8 Å². The summed E-state index contributed by atoms with van der Waals surface area (Å²) in [4.78, 5) is 10.6. The lowest BCUT2D eigenvalue weighted by Crippen LogP contribution is -2.14. The SMILES string of the molecule is CC1(C)c2cc3ccccc3cc2-c2c(-c3cc(-c4cccc5oc6cc7c(cc6c45)oc4ccccc47)nc(-c4ccccc4)n3)cccc21. The minimum atomic E-state index is -0.161. The number of benzene rings is 7. The fourth-order valence-corrected chi connectivity index (χ4v) is 8.38. The standard InChI is InChI=1S/C47H30N2O2/c1-47(2)36-19-10-17-31(44(36)34-22-28-14-6-7-15-29(28)23-37(34)47)38-26-39(49-46(48-38)27-12-4-3-5-13-27)32-18-11-21-41-45(32)35-25-42-33(24-43(35)51-41)30-16-8-9-20-40(30)50-42/h3-26H,1-2H3. The van der Waals surface area contributed by atoms with Crippen LogP contribution in [0, 0.1) is 0 Å². The Labute approximate surface area is 293 Å². The topological polar surface area (TPSA) is 52.1 Å². The van der Waals surface area contributed by atoms with E-state index >= 15 is 0 Å². The van der Waals surface area contributed by atoms with Gasteiger partial charge in [0.15, 0.2) is 5.82 Å². The Balaban J connectivity index is 1.18. The van der Waals surface area contributed by atoms with Crippen LogP contribution >= 0.6 is 0 Å². The predicted molar refractivity (Wildman–Crippen MR) is 208 cm³/mol. The van der Waals surface area contributed by atoms with Gasteiger partial charge in [0, 0.05) is 43.7 Å². The van der Waals surface area contributed by atoms with Gasteiger partial charge in [-0.05, 0) is 75.5 Å². The molecule has 1 aliphatic rings. The van der Waals surface area contributed by atoms with Gasteiger partial charge in [-0.2, -0.15) is 0 Å². The van der Waals surface area contributed by atoms with Crippen molar-refractivity contribution in [3.8, 4) is 45.0 Å². The first-order valence-corrected chi connectivity index (χ1v) is 17.4. The Morgan fingerprint density at radius 1 is 0.451 bits per heavy atom. The molecule has 0 atom stereocenters. The van der Waals surface area contributed by atoms with Gasteiger partial charge in [0.25, 0.3) is 0 Å². The Bertz CT molecular complexity index is 3060. The van der Waals surface area contributed by atoms with Gasteiger partial charge in [0.1, 0.15) is 22.3 Å². The highest BCUT2D eigenvalue weighted by atomic mass is 16.3. The van der Waals surface area contributed by atoms with E-state index in [0.717, 1.165) is 72.0 Å². The van der Waals surface area contributed by atoms with E-state index < -0.39 is 0 Å². The highest BCUT2D eigenvalue weighted by Crippen LogP contribution is 2.53. The van der Waals surface area contributed by atoms with Gasteiger partial charge in [-0.1, -0.05) is 117 Å². The van der Waals surface area contributed by atoms with Crippen molar-refractivity contribution in [2.75, 3.05) is 0 Å². The molecule has 0 spiro atoms. The first kappa shape index (κ1) is 28.3. The second-order valence-electron chi connectivity index (χ2n) is 14.1. The molecule has 51 heavy (non-hydrogen) atoms. The number of hydrogen-bond donors (Lipinski definition) is 0. The number of aromatic nitrogens is 2. The van der Waals surface area contributed by atoms with Gasteiger partial charge in [-0.3, -0.25) is 0 Å². The van der Waals surface area contributed by atoms with E-state index in [9.17, 15) is 0 Å². The van der Waals surface area contributed by atoms with Crippen molar-refractivity contribution in [2.24, 2.45) is 0 Å². The Kier molecular flexibility index (Phi) is 5.70. The van der Waals surface area contributed by atoms with Crippen LogP contribution in [-0.4, -0.2) is 9.97 Å². The molecule has 0 bridgehead atoms.